The average molecular weight is 305 g/mol. The lowest BCUT2D eigenvalue weighted by Gasteiger charge is -2.16. The summed E-state index contributed by atoms with van der Waals surface area (Å²) in [5.74, 6) is 0.269. The number of carbonyl (C=O) groups excluding carboxylic acids is 1. The van der Waals surface area contributed by atoms with Gasteiger partial charge in [-0.3, -0.25) is 9.48 Å². The van der Waals surface area contributed by atoms with Gasteiger partial charge in [-0.25, -0.2) is 0 Å². The number of nitrogens with zero attached hydrogens (tertiary/aromatic N) is 2. The third kappa shape index (κ3) is 3.73. The highest BCUT2D eigenvalue weighted by Gasteiger charge is 2.19. The van der Waals surface area contributed by atoms with E-state index in [9.17, 15) is 4.79 Å². The van der Waals surface area contributed by atoms with Crippen LogP contribution in [0.5, 0.6) is 0 Å². The Kier molecular flexibility index (Phi) is 5.17. The quantitative estimate of drug-likeness (QED) is 0.880. The van der Waals surface area contributed by atoms with E-state index in [2.05, 4.69) is 37.3 Å². The minimum Gasteiger partial charge on any atom is -0.343 e. The van der Waals surface area contributed by atoms with E-state index in [0.717, 1.165) is 18.5 Å². The zero-order valence-corrected chi connectivity index (χ0v) is 13.9. The summed E-state index contributed by atoms with van der Waals surface area (Å²) in [7, 11) is 1.82. The Balaban J connectivity index is 2.15. The van der Waals surface area contributed by atoms with Gasteiger partial charge >= 0.3 is 0 Å². The highest BCUT2D eigenvalue weighted by Crippen LogP contribution is 2.24. The molecule has 1 unspecified atom stereocenters. The Bertz CT molecular complexity index is 587. The fourth-order valence-electron chi connectivity index (χ4n) is 2.28. The minimum absolute atomic E-state index is 0.0521. The molecule has 0 aliphatic heterocycles. The first-order valence-electron chi connectivity index (χ1n) is 7.41. The van der Waals surface area contributed by atoms with Crippen LogP contribution in [0, 0.1) is 0 Å². The molecule has 2 aromatic heterocycles. The summed E-state index contributed by atoms with van der Waals surface area (Å²) in [5.41, 5.74) is 1.57. The average Bonchev–Trinajstić information content (AvgIpc) is 3.07. The summed E-state index contributed by atoms with van der Waals surface area (Å²) >= 11 is 1.69. The molecule has 4 nitrogen and oxygen atoms in total. The summed E-state index contributed by atoms with van der Waals surface area (Å²) < 4.78 is 1.67. The predicted molar refractivity (Wildman–Crippen MR) is 86.7 cm³/mol. The van der Waals surface area contributed by atoms with Gasteiger partial charge in [0.15, 0.2) is 0 Å². The molecule has 2 aromatic rings. The standard InChI is InChI=1S/C16H23N3OS/c1-5-7-12(15-8-6-9-21-15)17-16(20)14-10-13(11(2)3)18-19(14)4/h6,8-12H,5,7H2,1-4H3,(H,17,20). The maximum absolute atomic E-state index is 12.5. The zero-order chi connectivity index (χ0) is 15.4. The normalized spacial score (nSPS) is 12.6. The number of aryl methyl sites for hydroxylation is 1. The van der Waals surface area contributed by atoms with Crippen LogP contribution in [0.25, 0.3) is 0 Å². The van der Waals surface area contributed by atoms with Gasteiger partial charge in [0.1, 0.15) is 5.69 Å². The Labute approximate surface area is 130 Å². The van der Waals surface area contributed by atoms with Crippen LogP contribution < -0.4 is 5.32 Å². The Morgan fingerprint density at radius 1 is 1.48 bits per heavy atom. The molecule has 0 saturated heterocycles. The summed E-state index contributed by atoms with van der Waals surface area (Å²) in [6.07, 6.45) is 1.98. The van der Waals surface area contributed by atoms with Gasteiger partial charge in [-0.1, -0.05) is 33.3 Å². The van der Waals surface area contributed by atoms with Crippen LogP contribution in [-0.2, 0) is 7.05 Å². The van der Waals surface area contributed by atoms with Gasteiger partial charge in [-0.05, 0) is 29.9 Å². The van der Waals surface area contributed by atoms with E-state index in [4.69, 9.17) is 0 Å². The van der Waals surface area contributed by atoms with Gasteiger partial charge in [0.2, 0.25) is 0 Å². The van der Waals surface area contributed by atoms with E-state index in [1.165, 1.54) is 4.88 Å². The third-order valence-electron chi connectivity index (χ3n) is 3.49. The van der Waals surface area contributed by atoms with Crippen molar-refractivity contribution in [1.29, 1.82) is 0 Å². The van der Waals surface area contributed by atoms with Crippen LogP contribution in [-0.4, -0.2) is 15.7 Å². The monoisotopic (exact) mass is 305 g/mol. The second-order valence-electron chi connectivity index (χ2n) is 5.56. The fraction of sp³-hybridized carbons (Fsp3) is 0.500. The van der Waals surface area contributed by atoms with E-state index in [-0.39, 0.29) is 11.9 Å². The Morgan fingerprint density at radius 2 is 2.24 bits per heavy atom. The molecule has 0 fully saturated rings. The van der Waals surface area contributed by atoms with Crippen molar-refractivity contribution >= 4 is 17.2 Å². The number of rotatable bonds is 6. The van der Waals surface area contributed by atoms with Gasteiger partial charge in [-0.15, -0.1) is 11.3 Å². The van der Waals surface area contributed by atoms with Gasteiger partial charge in [-0.2, -0.15) is 5.10 Å². The molecule has 0 aromatic carbocycles. The van der Waals surface area contributed by atoms with Crippen LogP contribution in [0.15, 0.2) is 23.6 Å². The Hall–Kier alpha value is -1.62. The molecule has 114 valence electrons. The van der Waals surface area contributed by atoms with Gasteiger partial charge in [0, 0.05) is 11.9 Å². The summed E-state index contributed by atoms with van der Waals surface area (Å²) in [5, 5.41) is 9.59. The van der Waals surface area contributed by atoms with Crippen molar-refractivity contribution in [2.24, 2.45) is 7.05 Å². The van der Waals surface area contributed by atoms with Crippen molar-refractivity contribution < 1.29 is 4.79 Å². The lowest BCUT2D eigenvalue weighted by molar-refractivity contribution is 0.0925. The van der Waals surface area contributed by atoms with Gasteiger partial charge < -0.3 is 5.32 Å². The molecule has 0 radical (unpaired) electrons. The summed E-state index contributed by atoms with van der Waals surface area (Å²) in [6.45, 7) is 6.29. The predicted octanol–water partition coefficient (Wildman–Crippen LogP) is 3.88. The van der Waals surface area contributed by atoms with Crippen molar-refractivity contribution in [2.75, 3.05) is 0 Å². The second-order valence-corrected chi connectivity index (χ2v) is 6.54. The lowest BCUT2D eigenvalue weighted by Crippen LogP contribution is -2.29. The van der Waals surface area contributed by atoms with Crippen LogP contribution in [0.1, 0.15) is 66.6 Å². The van der Waals surface area contributed by atoms with Gasteiger partial charge in [0.25, 0.3) is 5.91 Å². The van der Waals surface area contributed by atoms with E-state index in [1.807, 2.05) is 24.6 Å². The maximum Gasteiger partial charge on any atom is 0.270 e. The molecule has 0 saturated carbocycles. The minimum atomic E-state index is -0.0521. The molecule has 0 aliphatic rings. The van der Waals surface area contributed by atoms with Crippen LogP contribution in [0.2, 0.25) is 0 Å². The van der Waals surface area contributed by atoms with E-state index >= 15 is 0 Å². The van der Waals surface area contributed by atoms with E-state index in [1.54, 1.807) is 16.0 Å². The molecule has 1 amide bonds. The number of nitrogens with one attached hydrogen (secondary N) is 1. The summed E-state index contributed by atoms with van der Waals surface area (Å²) in [4.78, 5) is 13.7. The summed E-state index contributed by atoms with van der Waals surface area (Å²) in [6, 6.07) is 6.07. The number of hydrogen-bond acceptors (Lipinski definition) is 3. The van der Waals surface area contributed by atoms with Crippen molar-refractivity contribution in [3.63, 3.8) is 0 Å². The largest absolute Gasteiger partial charge is 0.343 e. The zero-order valence-electron chi connectivity index (χ0n) is 13.1. The number of thiophene rings is 1. The second kappa shape index (κ2) is 6.89. The molecule has 0 aliphatic carbocycles. The van der Waals surface area contributed by atoms with Crippen molar-refractivity contribution in [3.05, 3.63) is 39.8 Å². The number of carbonyl (C=O) groups is 1. The van der Waals surface area contributed by atoms with Crippen LogP contribution >= 0.6 is 11.3 Å². The van der Waals surface area contributed by atoms with Crippen molar-refractivity contribution in [1.82, 2.24) is 15.1 Å². The fourth-order valence-corrected chi connectivity index (χ4v) is 3.09. The first kappa shape index (κ1) is 15.8. The molecule has 0 bridgehead atoms. The molecular formula is C16H23N3OS. The number of aromatic nitrogens is 2. The van der Waals surface area contributed by atoms with Gasteiger partial charge in [0.05, 0.1) is 11.7 Å². The molecule has 0 spiro atoms. The first-order valence-corrected chi connectivity index (χ1v) is 8.29. The van der Waals surface area contributed by atoms with Crippen LogP contribution in [0.4, 0.5) is 0 Å². The smallest absolute Gasteiger partial charge is 0.270 e. The third-order valence-corrected chi connectivity index (χ3v) is 4.48. The topological polar surface area (TPSA) is 46.9 Å². The molecular weight excluding hydrogens is 282 g/mol. The highest BCUT2D eigenvalue weighted by atomic mass is 32.1. The van der Waals surface area contributed by atoms with E-state index in [0.29, 0.717) is 11.6 Å². The lowest BCUT2D eigenvalue weighted by atomic mass is 10.1. The van der Waals surface area contributed by atoms with Crippen LogP contribution in [0.3, 0.4) is 0 Å². The van der Waals surface area contributed by atoms with Crippen molar-refractivity contribution in [3.8, 4) is 0 Å². The molecule has 1 atom stereocenters. The maximum atomic E-state index is 12.5. The Morgan fingerprint density at radius 3 is 2.76 bits per heavy atom. The number of hydrogen-bond donors (Lipinski definition) is 1. The molecule has 5 heteroatoms. The molecule has 2 rings (SSSR count). The molecule has 2 heterocycles. The molecule has 21 heavy (non-hydrogen) atoms. The van der Waals surface area contributed by atoms with Crippen molar-refractivity contribution in [2.45, 2.75) is 45.6 Å². The number of amides is 1. The van der Waals surface area contributed by atoms with E-state index < -0.39 is 0 Å². The first-order chi connectivity index (χ1) is 10.0. The SMILES string of the molecule is CCCC(NC(=O)c1cc(C(C)C)nn1C)c1cccs1. The highest BCUT2D eigenvalue weighted by molar-refractivity contribution is 7.10. The molecule has 1 N–H and O–H groups in total.